The minimum Gasteiger partial charge on any atom is -0.248 e. The lowest BCUT2D eigenvalue weighted by molar-refractivity contribution is 0.996. The first-order chi connectivity index (χ1) is 8.20. The van der Waals surface area contributed by atoms with E-state index in [-0.39, 0.29) is 0 Å². The second-order valence-corrected chi connectivity index (χ2v) is 6.54. The Bertz CT molecular complexity index is 726. The number of nitrogens with zero attached hydrogens (tertiary/aromatic N) is 3. The monoisotopic (exact) mass is 389 g/mol. The van der Waals surface area contributed by atoms with Gasteiger partial charge in [0, 0.05) is 11.6 Å². The smallest absolute Gasteiger partial charge is 0.189 e. The van der Waals surface area contributed by atoms with E-state index in [1.807, 2.05) is 12.3 Å². The summed E-state index contributed by atoms with van der Waals surface area (Å²) in [6.07, 6.45) is 3.76. The molecule has 0 fully saturated rings. The molecule has 0 aliphatic rings. The Morgan fingerprint density at radius 2 is 2.06 bits per heavy atom. The zero-order chi connectivity index (χ0) is 12.0. The van der Waals surface area contributed by atoms with Gasteiger partial charge in [-0.2, -0.15) is 0 Å². The highest BCUT2D eigenvalue weighted by molar-refractivity contribution is 9.11. The number of rotatable bonds is 1. The third-order valence-corrected chi connectivity index (χ3v) is 5.41. The van der Waals surface area contributed by atoms with Crippen molar-refractivity contribution in [3.8, 4) is 0 Å². The Morgan fingerprint density at radius 3 is 2.82 bits per heavy atom. The Hall–Kier alpha value is -0.240. The molecule has 17 heavy (non-hydrogen) atoms. The molecule has 0 aromatic carbocycles. The highest BCUT2D eigenvalue weighted by atomic mass is 79.9. The molecule has 0 aliphatic carbocycles. The number of fused-ring (bicyclic) bond motifs is 3. The average Bonchev–Trinajstić information content (AvgIpc) is 2.69. The van der Waals surface area contributed by atoms with Crippen LogP contribution in [0.1, 0.15) is 0 Å². The molecular weight excluding hydrogens is 386 g/mol. The number of hydrogen-bond acceptors (Lipinski definition) is 5. The quantitative estimate of drug-likeness (QED) is 0.265. The van der Waals surface area contributed by atoms with Crippen molar-refractivity contribution in [2.24, 2.45) is 0 Å². The number of hydrogen-bond donors (Lipinski definition) is 0. The molecule has 3 rings (SSSR count). The van der Waals surface area contributed by atoms with Gasteiger partial charge in [0.15, 0.2) is 5.16 Å². The molecule has 86 valence electrons. The van der Waals surface area contributed by atoms with Gasteiger partial charge in [-0.05, 0) is 44.2 Å². The molecule has 0 saturated carbocycles. The van der Waals surface area contributed by atoms with Crippen LogP contribution in [0, 0.1) is 0 Å². The van der Waals surface area contributed by atoms with E-state index < -0.39 is 0 Å². The Labute approximate surface area is 122 Å². The molecule has 0 spiro atoms. The van der Waals surface area contributed by atoms with E-state index >= 15 is 0 Å². The molecule has 0 saturated heterocycles. The predicted molar refractivity (Wildman–Crippen MR) is 79.9 cm³/mol. The van der Waals surface area contributed by atoms with Crippen molar-refractivity contribution in [2.45, 2.75) is 5.16 Å². The van der Waals surface area contributed by atoms with Crippen molar-refractivity contribution in [1.29, 1.82) is 0 Å². The maximum atomic E-state index is 4.52. The minimum absolute atomic E-state index is 0.778. The van der Waals surface area contributed by atoms with E-state index in [0.29, 0.717) is 0 Å². The van der Waals surface area contributed by atoms with Crippen LogP contribution in [0.4, 0.5) is 0 Å². The SMILES string of the molecule is CSc1nc(Br)c2c(n1)sc1c(Br)nccc12. The fourth-order valence-corrected chi connectivity index (χ4v) is 4.47. The van der Waals surface area contributed by atoms with Crippen molar-refractivity contribution in [3.63, 3.8) is 0 Å². The maximum absolute atomic E-state index is 4.52. The molecule has 0 N–H and O–H groups in total. The lowest BCUT2D eigenvalue weighted by atomic mass is 10.2. The summed E-state index contributed by atoms with van der Waals surface area (Å²) in [6, 6.07) is 1.99. The highest BCUT2D eigenvalue weighted by Crippen LogP contribution is 2.39. The molecule has 0 aliphatic heterocycles. The van der Waals surface area contributed by atoms with E-state index in [1.165, 1.54) is 11.8 Å². The third kappa shape index (κ3) is 1.89. The number of pyridine rings is 1. The fourth-order valence-electron chi connectivity index (χ4n) is 1.60. The third-order valence-electron chi connectivity index (χ3n) is 2.32. The van der Waals surface area contributed by atoms with Gasteiger partial charge < -0.3 is 0 Å². The van der Waals surface area contributed by atoms with Crippen LogP contribution in [-0.2, 0) is 0 Å². The zero-order valence-corrected chi connectivity index (χ0v) is 13.4. The molecule has 3 heterocycles. The highest BCUT2D eigenvalue weighted by Gasteiger charge is 2.14. The van der Waals surface area contributed by atoms with Crippen molar-refractivity contribution in [1.82, 2.24) is 15.0 Å². The summed E-state index contributed by atoms with van der Waals surface area (Å²) in [5.74, 6) is 0. The largest absolute Gasteiger partial charge is 0.248 e. The van der Waals surface area contributed by atoms with E-state index in [9.17, 15) is 0 Å². The molecule has 3 aromatic rings. The molecule has 3 aromatic heterocycles. The molecule has 7 heteroatoms. The lowest BCUT2D eigenvalue weighted by Crippen LogP contribution is -1.86. The van der Waals surface area contributed by atoms with Gasteiger partial charge in [-0.25, -0.2) is 15.0 Å². The van der Waals surface area contributed by atoms with Gasteiger partial charge in [-0.15, -0.1) is 11.3 Å². The Kier molecular flexibility index (Phi) is 3.10. The van der Waals surface area contributed by atoms with Gasteiger partial charge in [0.2, 0.25) is 0 Å². The van der Waals surface area contributed by atoms with E-state index in [4.69, 9.17) is 0 Å². The Balaban J connectivity index is 2.51. The first-order valence-electron chi connectivity index (χ1n) is 4.65. The number of halogens is 2. The van der Waals surface area contributed by atoms with Crippen LogP contribution in [0.3, 0.4) is 0 Å². The summed E-state index contributed by atoms with van der Waals surface area (Å²) in [5, 5.41) is 2.97. The van der Waals surface area contributed by atoms with Crippen LogP contribution in [-0.4, -0.2) is 21.2 Å². The summed E-state index contributed by atoms with van der Waals surface area (Å²) < 4.78 is 2.81. The molecular formula is C10H5Br2N3S2. The number of thiophene rings is 1. The van der Waals surface area contributed by atoms with Gasteiger partial charge in [0.05, 0.1) is 10.1 Å². The van der Waals surface area contributed by atoms with Crippen molar-refractivity contribution < 1.29 is 0 Å². The van der Waals surface area contributed by atoms with Crippen LogP contribution in [0.25, 0.3) is 20.3 Å². The molecule has 0 atom stereocenters. The summed E-state index contributed by atoms with van der Waals surface area (Å²) in [4.78, 5) is 14.2. The molecule has 0 unspecified atom stereocenters. The summed E-state index contributed by atoms with van der Waals surface area (Å²) in [7, 11) is 0. The summed E-state index contributed by atoms with van der Waals surface area (Å²) in [6.45, 7) is 0. The van der Waals surface area contributed by atoms with Crippen LogP contribution in [0.5, 0.6) is 0 Å². The Morgan fingerprint density at radius 1 is 1.24 bits per heavy atom. The van der Waals surface area contributed by atoms with Crippen LogP contribution >= 0.6 is 55.0 Å². The van der Waals surface area contributed by atoms with Crippen LogP contribution in [0.2, 0.25) is 0 Å². The van der Waals surface area contributed by atoms with E-state index in [2.05, 4.69) is 46.8 Å². The van der Waals surface area contributed by atoms with Gasteiger partial charge in [0.25, 0.3) is 0 Å². The van der Waals surface area contributed by atoms with E-state index in [0.717, 1.165) is 34.7 Å². The maximum Gasteiger partial charge on any atom is 0.189 e. The first kappa shape index (κ1) is 11.8. The lowest BCUT2D eigenvalue weighted by Gasteiger charge is -1.98. The average molecular weight is 391 g/mol. The minimum atomic E-state index is 0.778. The molecule has 0 radical (unpaired) electrons. The predicted octanol–water partition coefficient (Wildman–Crippen LogP) is 4.49. The van der Waals surface area contributed by atoms with Crippen molar-refractivity contribution in [2.75, 3.05) is 6.26 Å². The second kappa shape index (κ2) is 4.46. The van der Waals surface area contributed by atoms with Crippen LogP contribution in [0.15, 0.2) is 26.6 Å². The summed E-state index contributed by atoms with van der Waals surface area (Å²) >= 11 is 10.2. The van der Waals surface area contributed by atoms with E-state index in [1.54, 1.807) is 17.5 Å². The molecule has 3 nitrogen and oxygen atoms in total. The first-order valence-corrected chi connectivity index (χ1v) is 8.27. The standard InChI is InChI=1S/C10H5Br2N3S2/c1-16-10-14-7(11)5-4-2-3-13-8(12)6(4)17-9(5)15-10/h2-3H,1H3. The normalized spacial score (nSPS) is 11.5. The molecule has 0 bridgehead atoms. The van der Waals surface area contributed by atoms with Gasteiger partial charge in [-0.1, -0.05) is 11.8 Å². The van der Waals surface area contributed by atoms with Crippen LogP contribution < -0.4 is 0 Å². The molecule has 0 amide bonds. The van der Waals surface area contributed by atoms with Crippen molar-refractivity contribution in [3.05, 3.63) is 21.5 Å². The summed E-state index contributed by atoms with van der Waals surface area (Å²) in [5.41, 5.74) is 0. The van der Waals surface area contributed by atoms with Gasteiger partial charge in [-0.3, -0.25) is 0 Å². The number of thioether (sulfide) groups is 1. The fraction of sp³-hybridized carbons (Fsp3) is 0.100. The second-order valence-electron chi connectivity index (χ2n) is 3.26. The zero-order valence-electron chi connectivity index (χ0n) is 8.57. The van der Waals surface area contributed by atoms with Crippen molar-refractivity contribution >= 4 is 75.3 Å². The van der Waals surface area contributed by atoms with Gasteiger partial charge in [0.1, 0.15) is 14.0 Å². The number of aromatic nitrogens is 3. The van der Waals surface area contributed by atoms with Gasteiger partial charge >= 0.3 is 0 Å². The topological polar surface area (TPSA) is 38.7 Å².